The molecule has 1 aromatic heterocycles. The number of carbonyl (C=O) groups is 1. The smallest absolute Gasteiger partial charge is 0.162 e. The molecule has 1 aliphatic carbocycles. The summed E-state index contributed by atoms with van der Waals surface area (Å²) in [6.45, 7) is 8.37. The number of Topliss-reactive ketones (excluding diaryl/α,β-unsaturated/α-hetero) is 1. The molecule has 1 unspecified atom stereocenters. The first-order chi connectivity index (χ1) is 17.3. The fourth-order valence-corrected chi connectivity index (χ4v) is 6.49. The van der Waals surface area contributed by atoms with Gasteiger partial charge in [0.05, 0.1) is 37.9 Å². The van der Waals surface area contributed by atoms with Crippen LogP contribution in [0.15, 0.2) is 58.4 Å². The van der Waals surface area contributed by atoms with E-state index in [1.165, 1.54) is 5.56 Å². The van der Waals surface area contributed by atoms with E-state index in [0.29, 0.717) is 29.8 Å². The van der Waals surface area contributed by atoms with E-state index < -0.39 is 5.92 Å². The number of carbonyl (C=O) groups excluding carboxylic acids is 1. The van der Waals surface area contributed by atoms with Gasteiger partial charge < -0.3 is 15.2 Å². The van der Waals surface area contributed by atoms with Crippen LogP contribution in [0.2, 0.25) is 0 Å². The Labute approximate surface area is 216 Å². The van der Waals surface area contributed by atoms with Gasteiger partial charge in [-0.3, -0.25) is 14.6 Å². The first kappa shape index (κ1) is 24.6. The average molecular weight is 505 g/mol. The molecule has 0 bridgehead atoms. The maximum absolute atomic E-state index is 13.7. The molecule has 0 saturated carbocycles. The van der Waals surface area contributed by atoms with Gasteiger partial charge in [-0.1, -0.05) is 13.8 Å². The number of nitrogens with two attached hydrogens (primary N) is 1. The van der Waals surface area contributed by atoms with Crippen molar-refractivity contribution in [1.29, 1.82) is 5.26 Å². The number of anilines is 1. The van der Waals surface area contributed by atoms with Gasteiger partial charge in [0.2, 0.25) is 0 Å². The Bertz CT molecular complexity index is 1260. The van der Waals surface area contributed by atoms with E-state index in [1.807, 2.05) is 29.2 Å². The van der Waals surface area contributed by atoms with Crippen LogP contribution in [0.5, 0.6) is 5.75 Å². The van der Waals surface area contributed by atoms with Crippen LogP contribution in [0.25, 0.3) is 0 Å². The Morgan fingerprint density at radius 3 is 2.61 bits per heavy atom. The molecule has 1 aromatic carbocycles. The number of methoxy groups -OCH3 is 1. The molecule has 2 aromatic rings. The summed E-state index contributed by atoms with van der Waals surface area (Å²) in [4.78, 5) is 19.0. The topological polar surface area (TPSA) is 91.8 Å². The quantitative estimate of drug-likeness (QED) is 0.640. The van der Waals surface area contributed by atoms with Gasteiger partial charge in [0.25, 0.3) is 0 Å². The maximum atomic E-state index is 13.7. The van der Waals surface area contributed by atoms with E-state index in [1.54, 1.807) is 18.4 Å². The van der Waals surface area contributed by atoms with E-state index in [-0.39, 0.29) is 11.2 Å². The first-order valence-corrected chi connectivity index (χ1v) is 13.2. The molecule has 1 saturated heterocycles. The van der Waals surface area contributed by atoms with Gasteiger partial charge in [0.1, 0.15) is 11.6 Å². The average Bonchev–Trinajstić information content (AvgIpc) is 3.31. The van der Waals surface area contributed by atoms with Gasteiger partial charge in [-0.05, 0) is 53.1 Å². The Kier molecular flexibility index (Phi) is 6.64. The molecule has 3 aliphatic rings. The van der Waals surface area contributed by atoms with Crippen LogP contribution in [0.4, 0.5) is 5.69 Å². The van der Waals surface area contributed by atoms with Gasteiger partial charge in [0.15, 0.2) is 5.78 Å². The molecule has 8 heteroatoms. The number of nitriles is 1. The second-order valence-corrected chi connectivity index (χ2v) is 11.4. The molecule has 1 fully saturated rings. The molecule has 7 nitrogen and oxygen atoms in total. The highest BCUT2D eigenvalue weighted by Gasteiger charge is 2.45. The van der Waals surface area contributed by atoms with Crippen molar-refractivity contribution in [2.75, 3.05) is 38.3 Å². The number of nitrogens with zero attached hydrogens (tertiary/aromatic N) is 3. The van der Waals surface area contributed by atoms with Crippen LogP contribution in [0, 0.1) is 16.7 Å². The van der Waals surface area contributed by atoms with E-state index >= 15 is 0 Å². The highest BCUT2D eigenvalue weighted by Crippen LogP contribution is 2.51. The van der Waals surface area contributed by atoms with Crippen molar-refractivity contribution in [3.8, 4) is 11.8 Å². The fraction of sp³-hybridized carbons (Fsp3) is 0.429. The van der Waals surface area contributed by atoms with Crippen LogP contribution in [-0.2, 0) is 16.1 Å². The Balaban J connectivity index is 1.59. The molecule has 0 spiro atoms. The van der Waals surface area contributed by atoms with Crippen LogP contribution in [0.3, 0.4) is 0 Å². The van der Waals surface area contributed by atoms with E-state index in [9.17, 15) is 10.1 Å². The summed E-state index contributed by atoms with van der Waals surface area (Å²) in [5, 5.41) is 12.4. The predicted octanol–water partition coefficient (Wildman–Crippen LogP) is 4.53. The maximum Gasteiger partial charge on any atom is 0.162 e. The summed E-state index contributed by atoms with van der Waals surface area (Å²) in [5.41, 5.74) is 10.6. The molecular formula is C28H32N4O3S. The number of allylic oxidation sites excluding steroid dienone is 3. The van der Waals surface area contributed by atoms with Crippen molar-refractivity contribution in [3.63, 3.8) is 0 Å². The first-order valence-electron chi connectivity index (χ1n) is 12.3. The monoisotopic (exact) mass is 504 g/mol. The largest absolute Gasteiger partial charge is 0.497 e. The van der Waals surface area contributed by atoms with Crippen LogP contribution >= 0.6 is 11.3 Å². The zero-order valence-electron chi connectivity index (χ0n) is 21.0. The standard InChI is InChI=1S/C28H32N4O3S/c1-28(2)13-22-26(23(33)14-28)25(24-12-18(17-36-24)16-31-8-10-35-11-9-31)21(15-29)27(30)32(22)19-4-6-20(34-3)7-5-19/h4-7,12,17,25H,8-11,13-14,16,30H2,1-3H3. The Hall–Kier alpha value is -3.12. The molecule has 0 radical (unpaired) electrons. The van der Waals surface area contributed by atoms with Gasteiger partial charge in [0, 0.05) is 47.9 Å². The van der Waals surface area contributed by atoms with Gasteiger partial charge in [-0.2, -0.15) is 5.26 Å². The summed E-state index contributed by atoms with van der Waals surface area (Å²) in [5.74, 6) is 0.775. The zero-order chi connectivity index (χ0) is 25.4. The minimum Gasteiger partial charge on any atom is -0.497 e. The van der Waals surface area contributed by atoms with Crippen LogP contribution in [-0.4, -0.2) is 44.1 Å². The number of ketones is 1. The number of hydrogen-bond donors (Lipinski definition) is 1. The lowest BCUT2D eigenvalue weighted by atomic mass is 9.69. The molecule has 36 heavy (non-hydrogen) atoms. The van der Waals surface area contributed by atoms with Gasteiger partial charge in [-0.25, -0.2) is 0 Å². The predicted molar refractivity (Wildman–Crippen MR) is 141 cm³/mol. The van der Waals surface area contributed by atoms with Crippen LogP contribution < -0.4 is 15.4 Å². The molecule has 1 atom stereocenters. The highest BCUT2D eigenvalue weighted by atomic mass is 32.1. The summed E-state index contributed by atoms with van der Waals surface area (Å²) < 4.78 is 10.8. The number of rotatable bonds is 5. The lowest BCUT2D eigenvalue weighted by Gasteiger charge is -2.43. The van der Waals surface area contributed by atoms with Crippen molar-refractivity contribution in [1.82, 2.24) is 4.90 Å². The van der Waals surface area contributed by atoms with E-state index in [0.717, 1.165) is 54.9 Å². The third-order valence-electron chi connectivity index (χ3n) is 7.18. The van der Waals surface area contributed by atoms with Crippen molar-refractivity contribution in [2.45, 2.75) is 39.2 Å². The van der Waals surface area contributed by atoms with E-state index in [4.69, 9.17) is 15.2 Å². The van der Waals surface area contributed by atoms with Gasteiger partial charge in [-0.15, -0.1) is 11.3 Å². The molecular weight excluding hydrogens is 472 g/mol. The minimum absolute atomic E-state index is 0.0909. The Morgan fingerprint density at radius 1 is 1.22 bits per heavy atom. The minimum atomic E-state index is -0.438. The third kappa shape index (κ3) is 4.55. The number of benzene rings is 1. The summed E-state index contributed by atoms with van der Waals surface area (Å²) in [7, 11) is 1.62. The van der Waals surface area contributed by atoms with Crippen molar-refractivity contribution >= 4 is 22.8 Å². The lowest BCUT2D eigenvalue weighted by Crippen LogP contribution is -2.42. The molecule has 2 aliphatic heterocycles. The summed E-state index contributed by atoms with van der Waals surface area (Å²) >= 11 is 1.61. The molecule has 188 valence electrons. The second-order valence-electron chi connectivity index (χ2n) is 10.4. The van der Waals surface area contributed by atoms with Crippen molar-refractivity contribution < 1.29 is 14.3 Å². The van der Waals surface area contributed by atoms with Crippen molar-refractivity contribution in [2.24, 2.45) is 11.1 Å². The number of ether oxygens (including phenoxy) is 2. The van der Waals surface area contributed by atoms with Crippen molar-refractivity contribution in [3.05, 3.63) is 68.8 Å². The van der Waals surface area contributed by atoms with Gasteiger partial charge >= 0.3 is 0 Å². The zero-order valence-corrected chi connectivity index (χ0v) is 21.9. The Morgan fingerprint density at radius 2 is 1.94 bits per heavy atom. The second kappa shape index (κ2) is 9.74. The third-order valence-corrected chi connectivity index (χ3v) is 8.23. The lowest BCUT2D eigenvalue weighted by molar-refractivity contribution is -0.118. The number of morpholine rings is 1. The molecule has 5 rings (SSSR count). The molecule has 0 amide bonds. The summed E-state index contributed by atoms with van der Waals surface area (Å²) in [6, 6.07) is 12.1. The normalized spacial score (nSPS) is 22.4. The SMILES string of the molecule is COc1ccc(N2C(N)=C(C#N)C(c3cc(CN4CCOCC4)cs3)C3=C2CC(C)(C)CC3=O)cc1. The molecule has 2 N–H and O–H groups in total. The summed E-state index contributed by atoms with van der Waals surface area (Å²) in [6.07, 6.45) is 1.14. The highest BCUT2D eigenvalue weighted by molar-refractivity contribution is 7.10. The number of hydrogen-bond acceptors (Lipinski definition) is 8. The van der Waals surface area contributed by atoms with Crippen LogP contribution in [0.1, 0.15) is 43.0 Å². The fourth-order valence-electron chi connectivity index (χ4n) is 5.47. The molecule has 3 heterocycles. The number of thiophene rings is 1. The van der Waals surface area contributed by atoms with E-state index in [2.05, 4.69) is 36.3 Å².